The molecule has 0 aliphatic rings. The van der Waals surface area contributed by atoms with E-state index in [-0.39, 0.29) is 0 Å². The number of nitriles is 1. The van der Waals surface area contributed by atoms with Crippen LogP contribution in [0.25, 0.3) is 0 Å². The SMILES string of the molecule is CNc1ncc(C)c(Oc2c(C)cc(C#N)cc2C)n1. The first-order valence-electron chi connectivity index (χ1n) is 6.25. The zero-order valence-electron chi connectivity index (χ0n) is 12.0. The molecule has 1 N–H and O–H groups in total. The standard InChI is InChI=1S/C15H16N4O/c1-9-5-12(7-16)6-10(2)13(9)20-14-11(3)8-18-15(17-4)19-14/h5-6,8H,1-4H3,(H,17,18,19). The molecule has 0 saturated carbocycles. The highest BCUT2D eigenvalue weighted by Crippen LogP contribution is 2.30. The lowest BCUT2D eigenvalue weighted by atomic mass is 10.1. The molecule has 2 rings (SSSR count). The van der Waals surface area contributed by atoms with E-state index in [1.165, 1.54) is 0 Å². The van der Waals surface area contributed by atoms with Crippen molar-refractivity contribution in [3.05, 3.63) is 40.6 Å². The van der Waals surface area contributed by atoms with Gasteiger partial charge in [-0.25, -0.2) is 4.98 Å². The third kappa shape index (κ3) is 2.69. The van der Waals surface area contributed by atoms with Crippen molar-refractivity contribution in [3.63, 3.8) is 0 Å². The van der Waals surface area contributed by atoms with Gasteiger partial charge in [0.05, 0.1) is 11.6 Å². The number of aromatic nitrogens is 2. The fourth-order valence-electron chi connectivity index (χ4n) is 1.92. The molecule has 102 valence electrons. The molecule has 1 aromatic heterocycles. The van der Waals surface area contributed by atoms with Crippen LogP contribution in [-0.4, -0.2) is 17.0 Å². The third-order valence-electron chi connectivity index (χ3n) is 2.94. The number of hydrogen-bond acceptors (Lipinski definition) is 5. The monoisotopic (exact) mass is 268 g/mol. The molecule has 5 heteroatoms. The van der Waals surface area contributed by atoms with Crippen LogP contribution in [-0.2, 0) is 0 Å². The van der Waals surface area contributed by atoms with E-state index in [2.05, 4.69) is 21.4 Å². The van der Waals surface area contributed by atoms with Crippen LogP contribution < -0.4 is 10.1 Å². The number of hydrogen-bond donors (Lipinski definition) is 1. The van der Waals surface area contributed by atoms with Gasteiger partial charge in [-0.2, -0.15) is 10.2 Å². The molecular formula is C15H16N4O. The predicted molar refractivity (Wildman–Crippen MR) is 77.0 cm³/mol. The molecule has 1 aromatic carbocycles. The van der Waals surface area contributed by atoms with Crippen molar-refractivity contribution in [2.45, 2.75) is 20.8 Å². The Bertz CT molecular complexity index is 666. The minimum atomic E-state index is 0.509. The number of benzene rings is 1. The molecule has 2 aromatic rings. The van der Waals surface area contributed by atoms with E-state index in [9.17, 15) is 0 Å². The predicted octanol–water partition coefficient (Wildman–Crippen LogP) is 3.11. The average Bonchev–Trinajstić information content (AvgIpc) is 2.44. The molecule has 0 atom stereocenters. The quantitative estimate of drug-likeness (QED) is 0.926. The summed E-state index contributed by atoms with van der Waals surface area (Å²) in [5.74, 6) is 1.75. The Morgan fingerprint density at radius 3 is 2.35 bits per heavy atom. The van der Waals surface area contributed by atoms with Crippen molar-refractivity contribution >= 4 is 5.95 Å². The minimum Gasteiger partial charge on any atom is -0.438 e. The van der Waals surface area contributed by atoms with Gasteiger partial charge < -0.3 is 10.1 Å². The maximum Gasteiger partial charge on any atom is 0.226 e. The van der Waals surface area contributed by atoms with Crippen LogP contribution in [0.2, 0.25) is 0 Å². The molecule has 0 bridgehead atoms. The summed E-state index contributed by atoms with van der Waals surface area (Å²) < 4.78 is 5.91. The van der Waals surface area contributed by atoms with Crippen LogP contribution in [0.1, 0.15) is 22.3 Å². The molecule has 0 unspecified atom stereocenters. The zero-order chi connectivity index (χ0) is 14.7. The highest BCUT2D eigenvalue weighted by molar-refractivity contribution is 5.49. The lowest BCUT2D eigenvalue weighted by Gasteiger charge is -2.13. The Labute approximate surface area is 118 Å². The van der Waals surface area contributed by atoms with Crippen molar-refractivity contribution in [2.24, 2.45) is 0 Å². The van der Waals surface area contributed by atoms with Gasteiger partial charge in [0, 0.05) is 18.8 Å². The van der Waals surface area contributed by atoms with Gasteiger partial charge in [-0.1, -0.05) is 0 Å². The first kappa shape index (κ1) is 13.8. The molecule has 0 aliphatic heterocycles. The van der Waals surface area contributed by atoms with E-state index < -0.39 is 0 Å². The fourth-order valence-corrected chi connectivity index (χ4v) is 1.92. The maximum absolute atomic E-state index is 8.96. The summed E-state index contributed by atoms with van der Waals surface area (Å²) in [7, 11) is 1.76. The van der Waals surface area contributed by atoms with Crippen molar-refractivity contribution in [2.75, 3.05) is 12.4 Å². The molecule has 0 radical (unpaired) electrons. The molecular weight excluding hydrogens is 252 g/mol. The summed E-state index contributed by atoms with van der Waals surface area (Å²) in [6.45, 7) is 5.72. The Morgan fingerprint density at radius 1 is 1.15 bits per heavy atom. The van der Waals surface area contributed by atoms with E-state index in [4.69, 9.17) is 10.00 Å². The Morgan fingerprint density at radius 2 is 1.80 bits per heavy atom. The van der Waals surface area contributed by atoms with Gasteiger partial charge >= 0.3 is 0 Å². The molecule has 1 heterocycles. The van der Waals surface area contributed by atoms with Gasteiger partial charge in [0.15, 0.2) is 0 Å². The second kappa shape index (κ2) is 5.57. The van der Waals surface area contributed by atoms with Crippen LogP contribution >= 0.6 is 0 Å². The maximum atomic E-state index is 8.96. The summed E-state index contributed by atoms with van der Waals surface area (Å²) in [4.78, 5) is 8.43. The van der Waals surface area contributed by atoms with E-state index in [0.717, 1.165) is 22.4 Å². The molecule has 0 fully saturated rings. The van der Waals surface area contributed by atoms with Gasteiger partial charge in [0.2, 0.25) is 11.8 Å². The van der Waals surface area contributed by atoms with Gasteiger partial charge in [0.25, 0.3) is 0 Å². The number of ether oxygens (including phenoxy) is 1. The minimum absolute atomic E-state index is 0.509. The van der Waals surface area contributed by atoms with Crippen LogP contribution in [0.15, 0.2) is 18.3 Å². The van der Waals surface area contributed by atoms with Crippen LogP contribution in [0.3, 0.4) is 0 Å². The summed E-state index contributed by atoms with van der Waals surface area (Å²) >= 11 is 0. The number of aryl methyl sites for hydroxylation is 3. The second-order valence-electron chi connectivity index (χ2n) is 4.58. The largest absolute Gasteiger partial charge is 0.438 e. The number of anilines is 1. The smallest absolute Gasteiger partial charge is 0.226 e. The summed E-state index contributed by atoms with van der Waals surface area (Å²) in [5.41, 5.74) is 3.30. The highest BCUT2D eigenvalue weighted by Gasteiger charge is 2.11. The van der Waals surface area contributed by atoms with Gasteiger partial charge in [0.1, 0.15) is 5.75 Å². The zero-order valence-corrected chi connectivity index (χ0v) is 12.0. The lowest BCUT2D eigenvalue weighted by molar-refractivity contribution is 0.451. The van der Waals surface area contributed by atoms with E-state index >= 15 is 0 Å². The lowest BCUT2D eigenvalue weighted by Crippen LogP contribution is -2.01. The number of nitrogens with zero attached hydrogens (tertiary/aromatic N) is 3. The van der Waals surface area contributed by atoms with Crippen LogP contribution in [0.5, 0.6) is 11.6 Å². The van der Waals surface area contributed by atoms with Crippen molar-refractivity contribution in [1.29, 1.82) is 5.26 Å². The molecule has 0 saturated heterocycles. The van der Waals surface area contributed by atoms with Crippen LogP contribution in [0, 0.1) is 32.1 Å². The summed E-state index contributed by atoms with van der Waals surface area (Å²) in [5, 5.41) is 11.8. The average molecular weight is 268 g/mol. The Hall–Kier alpha value is -2.61. The Balaban J connectivity index is 2.43. The molecule has 20 heavy (non-hydrogen) atoms. The first-order valence-corrected chi connectivity index (χ1v) is 6.25. The summed E-state index contributed by atoms with van der Waals surface area (Å²) in [6.07, 6.45) is 1.71. The number of rotatable bonds is 3. The fraction of sp³-hybridized carbons (Fsp3) is 0.267. The van der Waals surface area contributed by atoms with E-state index in [0.29, 0.717) is 17.4 Å². The topological polar surface area (TPSA) is 70.8 Å². The third-order valence-corrected chi connectivity index (χ3v) is 2.94. The van der Waals surface area contributed by atoms with E-state index in [1.54, 1.807) is 25.4 Å². The summed E-state index contributed by atoms with van der Waals surface area (Å²) in [6, 6.07) is 5.74. The van der Waals surface area contributed by atoms with Crippen molar-refractivity contribution in [1.82, 2.24) is 9.97 Å². The van der Waals surface area contributed by atoms with Crippen LogP contribution in [0.4, 0.5) is 5.95 Å². The molecule has 0 amide bonds. The van der Waals surface area contributed by atoms with Crippen molar-refractivity contribution < 1.29 is 4.74 Å². The molecule has 0 spiro atoms. The highest BCUT2D eigenvalue weighted by atomic mass is 16.5. The molecule has 0 aliphatic carbocycles. The Kier molecular flexibility index (Phi) is 3.85. The van der Waals surface area contributed by atoms with Gasteiger partial charge in [-0.05, 0) is 44.0 Å². The van der Waals surface area contributed by atoms with Gasteiger partial charge in [-0.3, -0.25) is 0 Å². The first-order chi connectivity index (χ1) is 9.55. The van der Waals surface area contributed by atoms with Crippen molar-refractivity contribution in [3.8, 4) is 17.7 Å². The number of nitrogens with one attached hydrogen (secondary N) is 1. The second-order valence-corrected chi connectivity index (χ2v) is 4.58. The van der Waals surface area contributed by atoms with E-state index in [1.807, 2.05) is 20.8 Å². The molecule has 5 nitrogen and oxygen atoms in total. The van der Waals surface area contributed by atoms with Gasteiger partial charge in [-0.15, -0.1) is 0 Å². The normalized spacial score (nSPS) is 9.95.